The van der Waals surface area contributed by atoms with E-state index in [0.717, 1.165) is 0 Å². The lowest BCUT2D eigenvalue weighted by Gasteiger charge is -2.11. The molecule has 0 aliphatic heterocycles. The highest BCUT2D eigenvalue weighted by Gasteiger charge is 2.20. The molecule has 6 heteroatoms. The Morgan fingerprint density at radius 1 is 1.57 bits per heavy atom. The molecule has 0 bridgehead atoms. The minimum Gasteiger partial charge on any atom is -0.392 e. The molecule has 0 spiro atoms. The zero-order chi connectivity index (χ0) is 10.7. The Bertz CT molecular complexity index is 333. The van der Waals surface area contributed by atoms with Crippen LogP contribution in [-0.2, 0) is 13.2 Å². The van der Waals surface area contributed by atoms with Crippen molar-refractivity contribution < 1.29 is 13.9 Å². The summed E-state index contributed by atoms with van der Waals surface area (Å²) in [5.41, 5.74) is 4.94. The highest BCUT2D eigenvalue weighted by molar-refractivity contribution is 6.31. The van der Waals surface area contributed by atoms with Crippen LogP contribution in [0.15, 0.2) is 6.20 Å². The van der Waals surface area contributed by atoms with Gasteiger partial charge >= 0.3 is 0 Å². The molecule has 78 valence electrons. The van der Waals surface area contributed by atoms with Gasteiger partial charge in [-0.3, -0.25) is 4.98 Å². The van der Waals surface area contributed by atoms with Crippen LogP contribution >= 0.6 is 11.6 Å². The normalized spacial score (nSPS) is 11.0. The Hall–Kier alpha value is -0.780. The van der Waals surface area contributed by atoms with Crippen molar-refractivity contribution in [2.24, 2.45) is 5.73 Å². The number of pyridine rings is 1. The molecule has 0 saturated carbocycles. The molecule has 1 aromatic heterocycles. The fourth-order valence-corrected chi connectivity index (χ4v) is 1.38. The average Bonchev–Trinajstić information content (AvgIpc) is 2.17. The van der Waals surface area contributed by atoms with E-state index in [0.29, 0.717) is 0 Å². The molecule has 0 aromatic carbocycles. The van der Waals surface area contributed by atoms with Crippen LogP contribution in [0.4, 0.5) is 8.78 Å². The first-order chi connectivity index (χ1) is 6.61. The molecule has 0 amide bonds. The van der Waals surface area contributed by atoms with Gasteiger partial charge in [0.05, 0.1) is 17.3 Å². The fourth-order valence-electron chi connectivity index (χ4n) is 1.17. The first-order valence-electron chi connectivity index (χ1n) is 3.87. The van der Waals surface area contributed by atoms with E-state index in [1.54, 1.807) is 0 Å². The van der Waals surface area contributed by atoms with Gasteiger partial charge in [0.25, 0.3) is 6.43 Å². The van der Waals surface area contributed by atoms with E-state index in [-0.39, 0.29) is 28.4 Å². The smallest absolute Gasteiger partial charge is 0.266 e. The third-order valence-corrected chi connectivity index (χ3v) is 2.15. The van der Waals surface area contributed by atoms with E-state index in [4.69, 9.17) is 22.4 Å². The molecule has 3 N–H and O–H groups in total. The van der Waals surface area contributed by atoms with Crippen molar-refractivity contribution >= 4 is 11.6 Å². The molecular weight excluding hydrogens is 214 g/mol. The number of nitrogens with zero attached hydrogens (tertiary/aromatic N) is 1. The Balaban J connectivity index is 3.36. The van der Waals surface area contributed by atoms with Gasteiger partial charge in [0, 0.05) is 23.9 Å². The van der Waals surface area contributed by atoms with Crippen LogP contribution in [0, 0.1) is 0 Å². The van der Waals surface area contributed by atoms with Crippen molar-refractivity contribution in [2.75, 3.05) is 0 Å². The van der Waals surface area contributed by atoms with E-state index in [1.165, 1.54) is 6.20 Å². The summed E-state index contributed by atoms with van der Waals surface area (Å²) in [4.78, 5) is 3.68. The number of hydrogen-bond acceptors (Lipinski definition) is 3. The maximum Gasteiger partial charge on any atom is 0.266 e. The minimum atomic E-state index is -2.73. The predicted molar refractivity (Wildman–Crippen MR) is 48.0 cm³/mol. The van der Waals surface area contributed by atoms with Crippen molar-refractivity contribution in [3.8, 4) is 0 Å². The van der Waals surface area contributed by atoms with Crippen molar-refractivity contribution in [3.63, 3.8) is 0 Å². The summed E-state index contributed by atoms with van der Waals surface area (Å²) in [5.74, 6) is 0. The standard InChI is InChI=1S/C8H9ClF2N2O/c9-5-2-13-6(1-12)7(8(10)11)4(5)3-14/h2,8,14H,1,3,12H2. The highest BCUT2D eigenvalue weighted by atomic mass is 35.5. The Morgan fingerprint density at radius 2 is 2.21 bits per heavy atom. The van der Waals surface area contributed by atoms with Gasteiger partial charge in [-0.15, -0.1) is 0 Å². The van der Waals surface area contributed by atoms with Crippen molar-refractivity contribution in [1.82, 2.24) is 4.98 Å². The predicted octanol–water partition coefficient (Wildman–Crippen LogP) is 1.62. The largest absolute Gasteiger partial charge is 0.392 e. The zero-order valence-electron chi connectivity index (χ0n) is 7.17. The van der Waals surface area contributed by atoms with Crippen LogP contribution < -0.4 is 5.73 Å². The van der Waals surface area contributed by atoms with Crippen LogP contribution in [0.5, 0.6) is 0 Å². The van der Waals surface area contributed by atoms with Gasteiger partial charge < -0.3 is 10.8 Å². The van der Waals surface area contributed by atoms with Crippen LogP contribution in [0.2, 0.25) is 5.02 Å². The van der Waals surface area contributed by atoms with E-state index in [2.05, 4.69) is 4.98 Å². The lowest BCUT2D eigenvalue weighted by atomic mass is 10.1. The Morgan fingerprint density at radius 3 is 2.64 bits per heavy atom. The average molecular weight is 223 g/mol. The molecule has 1 heterocycles. The molecule has 3 nitrogen and oxygen atoms in total. The second-order valence-electron chi connectivity index (χ2n) is 2.61. The van der Waals surface area contributed by atoms with Gasteiger partial charge in [-0.2, -0.15) is 0 Å². The number of rotatable bonds is 3. The lowest BCUT2D eigenvalue weighted by Crippen LogP contribution is -2.08. The maximum atomic E-state index is 12.6. The molecule has 14 heavy (non-hydrogen) atoms. The quantitative estimate of drug-likeness (QED) is 0.817. The number of aliphatic hydroxyl groups excluding tert-OH is 1. The topological polar surface area (TPSA) is 59.1 Å². The number of aliphatic hydroxyl groups is 1. The fraction of sp³-hybridized carbons (Fsp3) is 0.375. The van der Waals surface area contributed by atoms with Crippen molar-refractivity contribution in [3.05, 3.63) is 28.0 Å². The second kappa shape index (κ2) is 4.63. The molecule has 0 fully saturated rings. The zero-order valence-corrected chi connectivity index (χ0v) is 7.93. The Kier molecular flexibility index (Phi) is 3.74. The third-order valence-electron chi connectivity index (χ3n) is 1.83. The summed E-state index contributed by atoms with van der Waals surface area (Å²) in [6.07, 6.45) is -1.52. The third kappa shape index (κ3) is 2.00. The van der Waals surface area contributed by atoms with Crippen LogP contribution in [0.1, 0.15) is 23.2 Å². The van der Waals surface area contributed by atoms with Crippen molar-refractivity contribution in [2.45, 2.75) is 19.6 Å². The molecule has 0 unspecified atom stereocenters. The summed E-state index contributed by atoms with van der Waals surface area (Å²) >= 11 is 5.61. The van der Waals surface area contributed by atoms with E-state index in [9.17, 15) is 8.78 Å². The van der Waals surface area contributed by atoms with Crippen LogP contribution in [0.3, 0.4) is 0 Å². The summed E-state index contributed by atoms with van der Waals surface area (Å²) in [6.45, 7) is -0.655. The SMILES string of the molecule is NCc1ncc(Cl)c(CO)c1C(F)F. The van der Waals surface area contributed by atoms with Gasteiger partial charge in [0.15, 0.2) is 0 Å². The molecule has 0 atom stereocenters. The van der Waals surface area contributed by atoms with E-state index < -0.39 is 13.0 Å². The molecule has 0 radical (unpaired) electrons. The summed E-state index contributed by atoms with van der Waals surface area (Å²) in [5, 5.41) is 8.91. The summed E-state index contributed by atoms with van der Waals surface area (Å²) in [7, 11) is 0. The summed E-state index contributed by atoms with van der Waals surface area (Å²) in [6, 6.07) is 0. The molecule has 1 rings (SSSR count). The molecule has 0 aliphatic rings. The lowest BCUT2D eigenvalue weighted by molar-refractivity contribution is 0.145. The van der Waals surface area contributed by atoms with Crippen LogP contribution in [0.25, 0.3) is 0 Å². The van der Waals surface area contributed by atoms with Crippen LogP contribution in [-0.4, -0.2) is 10.1 Å². The molecular formula is C8H9ClF2N2O. The summed E-state index contributed by atoms with van der Waals surface area (Å²) < 4.78 is 25.2. The van der Waals surface area contributed by atoms with E-state index >= 15 is 0 Å². The van der Waals surface area contributed by atoms with E-state index in [1.807, 2.05) is 0 Å². The minimum absolute atomic E-state index is 0.00267. The van der Waals surface area contributed by atoms with Gasteiger partial charge in [-0.25, -0.2) is 8.78 Å². The number of aromatic nitrogens is 1. The number of halogens is 3. The van der Waals surface area contributed by atoms with Gasteiger partial charge in [0.2, 0.25) is 0 Å². The monoisotopic (exact) mass is 222 g/mol. The van der Waals surface area contributed by atoms with Gasteiger partial charge in [-0.05, 0) is 0 Å². The molecule has 1 aromatic rings. The second-order valence-corrected chi connectivity index (χ2v) is 3.02. The Labute approximate surface area is 84.5 Å². The van der Waals surface area contributed by atoms with Gasteiger partial charge in [-0.1, -0.05) is 11.6 Å². The first-order valence-corrected chi connectivity index (χ1v) is 4.24. The molecule has 0 aliphatic carbocycles. The first kappa shape index (κ1) is 11.3. The van der Waals surface area contributed by atoms with Gasteiger partial charge in [0.1, 0.15) is 0 Å². The number of hydrogen-bond donors (Lipinski definition) is 2. The highest BCUT2D eigenvalue weighted by Crippen LogP contribution is 2.30. The number of nitrogens with two attached hydrogens (primary N) is 1. The molecule has 0 saturated heterocycles. The van der Waals surface area contributed by atoms with Crippen molar-refractivity contribution in [1.29, 1.82) is 0 Å². The number of alkyl halides is 2. The maximum absolute atomic E-state index is 12.6.